The fourth-order valence-electron chi connectivity index (χ4n) is 1.99. The lowest BCUT2D eigenvalue weighted by atomic mass is 10.0. The van der Waals surface area contributed by atoms with Crippen molar-refractivity contribution in [3.05, 3.63) is 35.1 Å². The minimum absolute atomic E-state index is 0.0917. The number of hydrogen-bond donors (Lipinski definition) is 1. The number of halogens is 3. The maximum Gasteiger partial charge on any atom is 0.133 e. The molecule has 1 aromatic carbocycles. The maximum atomic E-state index is 13.7. The highest BCUT2D eigenvalue weighted by molar-refractivity contribution is 5.24. The molecule has 0 saturated carbocycles. The largest absolute Gasteiger partial charge is 0.385 e. The summed E-state index contributed by atoms with van der Waals surface area (Å²) in [5.74, 6) is -2.59. The molecule has 19 heavy (non-hydrogen) atoms. The van der Waals surface area contributed by atoms with Crippen LogP contribution in [0.5, 0.6) is 0 Å². The topological polar surface area (TPSA) is 21.3 Å². The third-order valence-electron chi connectivity index (χ3n) is 2.87. The lowest BCUT2D eigenvalue weighted by Gasteiger charge is -2.20. The van der Waals surface area contributed by atoms with Gasteiger partial charge in [0, 0.05) is 37.5 Å². The van der Waals surface area contributed by atoms with E-state index in [1.54, 1.807) is 7.11 Å². The van der Waals surface area contributed by atoms with Crippen LogP contribution in [0.4, 0.5) is 13.2 Å². The molecule has 0 spiro atoms. The summed E-state index contributed by atoms with van der Waals surface area (Å²) >= 11 is 0. The van der Waals surface area contributed by atoms with E-state index in [0.29, 0.717) is 26.0 Å². The summed E-state index contributed by atoms with van der Waals surface area (Å²) in [6, 6.07) is 0.973. The number of methoxy groups -OCH3 is 1. The molecule has 1 rings (SSSR count). The molecule has 0 aliphatic carbocycles. The van der Waals surface area contributed by atoms with Crippen molar-refractivity contribution in [3.63, 3.8) is 0 Å². The van der Waals surface area contributed by atoms with Crippen LogP contribution in [-0.2, 0) is 4.74 Å². The van der Waals surface area contributed by atoms with E-state index in [2.05, 4.69) is 5.32 Å². The minimum Gasteiger partial charge on any atom is -0.385 e. The molecule has 0 aliphatic rings. The van der Waals surface area contributed by atoms with Crippen LogP contribution in [0.1, 0.15) is 37.8 Å². The first-order chi connectivity index (χ1) is 9.10. The molecule has 1 unspecified atom stereocenters. The molecule has 0 radical (unpaired) electrons. The Kier molecular flexibility index (Phi) is 6.87. The number of hydrogen-bond acceptors (Lipinski definition) is 2. The smallest absolute Gasteiger partial charge is 0.133 e. The van der Waals surface area contributed by atoms with Gasteiger partial charge in [-0.2, -0.15) is 0 Å². The molecule has 108 valence electrons. The van der Waals surface area contributed by atoms with Crippen molar-refractivity contribution in [2.75, 3.05) is 20.3 Å². The minimum atomic E-state index is -0.898. The monoisotopic (exact) mass is 275 g/mol. The number of benzene rings is 1. The van der Waals surface area contributed by atoms with Gasteiger partial charge in [-0.15, -0.1) is 0 Å². The molecule has 1 N–H and O–H groups in total. The van der Waals surface area contributed by atoms with Crippen molar-refractivity contribution in [2.24, 2.45) is 0 Å². The van der Waals surface area contributed by atoms with E-state index in [1.807, 2.05) is 6.92 Å². The summed E-state index contributed by atoms with van der Waals surface area (Å²) in [4.78, 5) is 0. The van der Waals surface area contributed by atoms with E-state index < -0.39 is 23.5 Å². The van der Waals surface area contributed by atoms with Gasteiger partial charge in [0.15, 0.2) is 0 Å². The highest BCUT2D eigenvalue weighted by Gasteiger charge is 2.20. The summed E-state index contributed by atoms with van der Waals surface area (Å²) in [5.41, 5.74) is -0.0917. The molecule has 2 nitrogen and oxygen atoms in total. The van der Waals surface area contributed by atoms with Crippen molar-refractivity contribution >= 4 is 0 Å². The average molecular weight is 275 g/mol. The van der Waals surface area contributed by atoms with Gasteiger partial charge >= 0.3 is 0 Å². The van der Waals surface area contributed by atoms with Gasteiger partial charge in [-0.3, -0.25) is 0 Å². The third kappa shape index (κ3) is 4.84. The van der Waals surface area contributed by atoms with Gasteiger partial charge in [0.25, 0.3) is 0 Å². The molecular formula is C14H20F3NO. The van der Waals surface area contributed by atoms with Gasteiger partial charge in [0.1, 0.15) is 17.5 Å². The molecular weight excluding hydrogens is 255 g/mol. The maximum absolute atomic E-state index is 13.7. The van der Waals surface area contributed by atoms with Crippen LogP contribution in [0, 0.1) is 17.5 Å². The van der Waals surface area contributed by atoms with Gasteiger partial charge in [0.05, 0.1) is 0 Å². The Labute approximate surface area is 112 Å². The van der Waals surface area contributed by atoms with Gasteiger partial charge in [-0.05, 0) is 25.8 Å². The van der Waals surface area contributed by atoms with Crippen LogP contribution in [0.15, 0.2) is 12.1 Å². The fraction of sp³-hybridized carbons (Fsp3) is 0.571. The van der Waals surface area contributed by atoms with Gasteiger partial charge < -0.3 is 10.1 Å². The van der Waals surface area contributed by atoms with Gasteiger partial charge in [0.2, 0.25) is 0 Å². The second kappa shape index (κ2) is 8.17. The molecule has 1 aromatic rings. The predicted molar refractivity (Wildman–Crippen MR) is 68.5 cm³/mol. The van der Waals surface area contributed by atoms with Crippen LogP contribution in [-0.4, -0.2) is 20.3 Å². The fourth-order valence-corrected chi connectivity index (χ4v) is 1.99. The third-order valence-corrected chi connectivity index (χ3v) is 2.87. The van der Waals surface area contributed by atoms with E-state index in [4.69, 9.17) is 4.74 Å². The van der Waals surface area contributed by atoms with Crippen LogP contribution in [0.3, 0.4) is 0 Å². The zero-order valence-electron chi connectivity index (χ0n) is 11.3. The average Bonchev–Trinajstić information content (AvgIpc) is 2.34. The summed E-state index contributed by atoms with van der Waals surface area (Å²) in [6.07, 6.45) is 2.06. The first kappa shape index (κ1) is 16.0. The van der Waals surface area contributed by atoms with E-state index >= 15 is 0 Å². The zero-order valence-corrected chi connectivity index (χ0v) is 11.3. The standard InChI is InChI=1S/C14H20F3NO/c1-3-6-18-13(5-4-7-19-2)14-11(16)8-10(15)9-12(14)17/h8-9,13,18H,3-7H2,1-2H3. The Morgan fingerprint density at radius 1 is 1.21 bits per heavy atom. The van der Waals surface area contributed by atoms with E-state index in [0.717, 1.165) is 18.6 Å². The molecule has 0 aliphatic heterocycles. The quantitative estimate of drug-likeness (QED) is 0.732. The number of nitrogens with one attached hydrogen (secondary N) is 1. The summed E-state index contributed by atoms with van der Waals surface area (Å²) in [5, 5.41) is 3.09. The molecule has 0 bridgehead atoms. The van der Waals surface area contributed by atoms with Crippen molar-refractivity contribution in [3.8, 4) is 0 Å². The summed E-state index contributed by atoms with van der Waals surface area (Å²) < 4.78 is 45.3. The van der Waals surface area contributed by atoms with Crippen molar-refractivity contribution in [1.29, 1.82) is 0 Å². The zero-order chi connectivity index (χ0) is 14.3. The Balaban J connectivity index is 2.89. The van der Waals surface area contributed by atoms with Crippen LogP contribution >= 0.6 is 0 Å². The molecule has 1 atom stereocenters. The normalized spacial score (nSPS) is 12.7. The Bertz CT molecular complexity index is 375. The number of rotatable bonds is 8. The van der Waals surface area contributed by atoms with Crippen molar-refractivity contribution in [1.82, 2.24) is 5.32 Å². The highest BCUT2D eigenvalue weighted by atomic mass is 19.1. The van der Waals surface area contributed by atoms with Gasteiger partial charge in [-0.25, -0.2) is 13.2 Å². The van der Waals surface area contributed by atoms with Crippen molar-refractivity contribution in [2.45, 2.75) is 32.2 Å². The Morgan fingerprint density at radius 3 is 2.37 bits per heavy atom. The molecule has 5 heteroatoms. The SMILES string of the molecule is CCCNC(CCCOC)c1c(F)cc(F)cc1F. The molecule has 0 amide bonds. The van der Waals surface area contributed by atoms with Crippen LogP contribution in [0.25, 0.3) is 0 Å². The Morgan fingerprint density at radius 2 is 1.84 bits per heavy atom. The molecule has 0 fully saturated rings. The first-order valence-electron chi connectivity index (χ1n) is 6.46. The van der Waals surface area contributed by atoms with E-state index in [-0.39, 0.29) is 5.56 Å². The lowest BCUT2D eigenvalue weighted by molar-refractivity contribution is 0.188. The first-order valence-corrected chi connectivity index (χ1v) is 6.46. The molecule has 0 heterocycles. The van der Waals surface area contributed by atoms with E-state index in [1.165, 1.54) is 0 Å². The number of ether oxygens (including phenoxy) is 1. The van der Waals surface area contributed by atoms with Crippen LogP contribution in [0.2, 0.25) is 0 Å². The lowest BCUT2D eigenvalue weighted by Crippen LogP contribution is -2.24. The van der Waals surface area contributed by atoms with Crippen molar-refractivity contribution < 1.29 is 17.9 Å². The van der Waals surface area contributed by atoms with Crippen LogP contribution < -0.4 is 5.32 Å². The highest BCUT2D eigenvalue weighted by Crippen LogP contribution is 2.25. The summed E-state index contributed by atoms with van der Waals surface area (Å²) in [6.45, 7) is 3.14. The molecule has 0 saturated heterocycles. The Hall–Kier alpha value is -1.07. The second-order valence-corrected chi connectivity index (χ2v) is 4.42. The predicted octanol–water partition coefficient (Wildman–Crippen LogP) is 3.57. The van der Waals surface area contributed by atoms with E-state index in [9.17, 15) is 13.2 Å². The second-order valence-electron chi connectivity index (χ2n) is 4.42. The molecule has 0 aromatic heterocycles. The van der Waals surface area contributed by atoms with Gasteiger partial charge in [-0.1, -0.05) is 6.92 Å². The summed E-state index contributed by atoms with van der Waals surface area (Å²) in [7, 11) is 1.58.